The van der Waals surface area contributed by atoms with Crippen molar-refractivity contribution in [1.82, 2.24) is 18.7 Å². The van der Waals surface area contributed by atoms with Gasteiger partial charge in [0, 0.05) is 76.8 Å². The van der Waals surface area contributed by atoms with Crippen LogP contribution in [0.2, 0.25) is 0 Å². The minimum atomic E-state index is -0.214. The van der Waals surface area contributed by atoms with Gasteiger partial charge in [-0.15, -0.1) is 11.1 Å². The number of hydrogen-bond donors (Lipinski definition) is 0. The molecular weight excluding hydrogens is 1160 g/mol. The van der Waals surface area contributed by atoms with Crippen molar-refractivity contribution in [3.05, 3.63) is 260 Å². The number of rotatable bonds is 8. The summed E-state index contributed by atoms with van der Waals surface area (Å²) in [6.45, 7) is 8.54. The Morgan fingerprint density at radius 2 is 0.963 bits per heavy atom. The molecule has 0 saturated heterocycles. The van der Waals surface area contributed by atoms with Crippen LogP contribution in [0.15, 0.2) is 219 Å². The van der Waals surface area contributed by atoms with Crippen LogP contribution in [0.4, 0.5) is 17.1 Å². The van der Waals surface area contributed by atoms with Crippen LogP contribution >= 0.6 is 0 Å². The summed E-state index contributed by atoms with van der Waals surface area (Å²) in [6, 6.07) is 86.1. The fraction of sp³-hybridized carbons (Fsp3) is 0.0563. The Bertz CT molecular complexity index is 4620. The average molecular weight is 1210 g/mol. The third-order valence-electron chi connectivity index (χ3n) is 16.3. The Morgan fingerprint density at radius 1 is 0.487 bits per heavy atom. The second-order valence-corrected chi connectivity index (χ2v) is 21.0. The van der Waals surface area contributed by atoms with E-state index in [-0.39, 0.29) is 27.8 Å². The molecule has 0 fully saturated rings. The van der Waals surface area contributed by atoms with Crippen LogP contribution in [0.3, 0.4) is 0 Å². The van der Waals surface area contributed by atoms with Gasteiger partial charge >= 0.3 is 0 Å². The summed E-state index contributed by atoms with van der Waals surface area (Å²) < 4.78 is 6.92. The third-order valence-corrected chi connectivity index (χ3v) is 16.3. The molecule has 0 radical (unpaired) electrons. The van der Waals surface area contributed by atoms with Crippen LogP contribution in [0.5, 0.6) is 0 Å². The summed E-state index contributed by atoms with van der Waals surface area (Å²) in [5.74, 6) is 0.632. The molecule has 384 valence electrons. The van der Waals surface area contributed by atoms with Gasteiger partial charge in [0.2, 0.25) is 0 Å². The number of pyridine rings is 1. The van der Waals surface area contributed by atoms with Crippen molar-refractivity contribution in [2.45, 2.75) is 20.8 Å². The van der Waals surface area contributed by atoms with Crippen LogP contribution in [0.25, 0.3) is 93.7 Å². The standard InChI is InChI=1S/C71H49BN7.Pt/c1-45-37-46(2)71(47(3)38-45)72(49-19-17-20-51(40-49)76-44-75(4)64-31-15-16-32-65(64)76)50-35-36-57-56-25-9-14-30-63(56)79(68(57)41-50)69-39-48(42-73)58(43-74-69)70-66(77-59-26-10-5-21-52(59)53-22-6-11-27-60(53)77)33-18-34-67(70)78-61-28-12-7-23-54(61)55-24-8-13-29-62(55)78;/h5-39,43-44H,1-4H3;/q-3;. The topological polar surface area (TPSA) is 58.0 Å². The number of nitrogens with zero attached hydrogens (tertiary/aromatic N) is 7. The van der Waals surface area contributed by atoms with Gasteiger partial charge < -0.3 is 23.5 Å². The first-order valence-corrected chi connectivity index (χ1v) is 26.9. The van der Waals surface area contributed by atoms with Crippen molar-refractivity contribution in [3.8, 4) is 34.4 Å². The molecular formula is C71H49BN7Pt-3. The van der Waals surface area contributed by atoms with Gasteiger partial charge in [0.15, 0.2) is 6.71 Å². The van der Waals surface area contributed by atoms with E-state index in [9.17, 15) is 5.26 Å². The van der Waals surface area contributed by atoms with Crippen LogP contribution < -0.4 is 26.2 Å². The SMILES string of the molecule is Cc1cc(C)c(B(c2[c-]c(N3[CH-]N(C)c4ccccc43)ccc2)c2[c-]c3c(cc2)c2ccccc2n3-c2cc(C#N)c(-c3c(-n4c5ccccc5c5ccccc54)cccc3-n3c4ccccc4c4ccccc43)cn2)c(C)c1.[Pt]. The number of benzene rings is 10. The number of anilines is 3. The molecule has 9 heteroatoms. The van der Waals surface area contributed by atoms with Crippen molar-refractivity contribution in [3.63, 3.8) is 0 Å². The van der Waals surface area contributed by atoms with Gasteiger partial charge in [-0.05, 0) is 93.9 Å². The van der Waals surface area contributed by atoms with Crippen molar-refractivity contribution >= 4 is 106 Å². The maximum absolute atomic E-state index is 11.6. The first kappa shape index (κ1) is 48.9. The molecule has 4 aromatic heterocycles. The van der Waals surface area contributed by atoms with Crippen molar-refractivity contribution in [2.24, 2.45) is 0 Å². The molecule has 0 unspecified atom stereocenters. The molecule has 7 nitrogen and oxygen atoms in total. The molecule has 1 aliphatic rings. The minimum Gasteiger partial charge on any atom is -0.504 e. The van der Waals surface area contributed by atoms with Crippen LogP contribution in [0.1, 0.15) is 22.3 Å². The van der Waals surface area contributed by atoms with E-state index in [1.807, 2.05) is 12.3 Å². The smallest absolute Gasteiger partial charge is 0.192 e. The number of fused-ring (bicyclic) bond motifs is 10. The van der Waals surface area contributed by atoms with Gasteiger partial charge in [-0.2, -0.15) is 65.3 Å². The molecule has 1 aliphatic heterocycles. The number of aryl methyl sites for hydroxylation is 3. The summed E-state index contributed by atoms with van der Waals surface area (Å²) >= 11 is 0. The largest absolute Gasteiger partial charge is 0.504 e. The van der Waals surface area contributed by atoms with Crippen molar-refractivity contribution in [1.29, 1.82) is 5.26 Å². The molecule has 0 bridgehead atoms. The van der Waals surface area contributed by atoms with E-state index < -0.39 is 0 Å². The summed E-state index contributed by atoms with van der Waals surface area (Å²) in [5.41, 5.74) is 20.4. The monoisotopic (exact) mass is 1210 g/mol. The number of hydrogen-bond acceptors (Lipinski definition) is 4. The van der Waals surface area contributed by atoms with E-state index in [0.717, 1.165) is 116 Å². The first-order chi connectivity index (χ1) is 38.8. The number of para-hydroxylation sites is 7. The Balaban J connectivity index is 0.00000577. The van der Waals surface area contributed by atoms with Crippen LogP contribution in [-0.4, -0.2) is 32.4 Å². The molecule has 0 amide bonds. The Kier molecular flexibility index (Phi) is 11.7. The Hall–Kier alpha value is -9.41. The number of aromatic nitrogens is 4. The number of nitriles is 1. The van der Waals surface area contributed by atoms with Gasteiger partial charge in [-0.3, -0.25) is 0 Å². The first-order valence-electron chi connectivity index (χ1n) is 26.9. The molecule has 80 heavy (non-hydrogen) atoms. The molecule has 15 rings (SSSR count). The predicted octanol–water partition coefficient (Wildman–Crippen LogP) is 14.7. The fourth-order valence-corrected chi connectivity index (χ4v) is 13.1. The quantitative estimate of drug-likeness (QED) is 0.112. The molecule has 10 aromatic carbocycles. The zero-order valence-corrected chi connectivity index (χ0v) is 46.7. The molecule has 0 atom stereocenters. The van der Waals surface area contributed by atoms with Gasteiger partial charge in [-0.25, -0.2) is 4.98 Å². The third kappa shape index (κ3) is 7.49. The molecule has 0 N–H and O–H groups in total. The maximum atomic E-state index is 11.6. The molecule has 0 spiro atoms. The maximum Gasteiger partial charge on any atom is 0.192 e. The summed E-state index contributed by atoms with van der Waals surface area (Å²) in [7, 11) is 2.09. The predicted molar refractivity (Wildman–Crippen MR) is 328 cm³/mol. The Labute approximate surface area is 479 Å². The van der Waals surface area contributed by atoms with Crippen molar-refractivity contribution in [2.75, 3.05) is 16.8 Å². The molecule has 0 aliphatic carbocycles. The van der Waals surface area contributed by atoms with Crippen molar-refractivity contribution < 1.29 is 21.1 Å². The summed E-state index contributed by atoms with van der Waals surface area (Å²) in [4.78, 5) is 9.85. The van der Waals surface area contributed by atoms with Gasteiger partial charge in [0.25, 0.3) is 0 Å². The van der Waals surface area contributed by atoms with Crippen LogP contribution in [0, 0.1) is 50.9 Å². The summed E-state index contributed by atoms with van der Waals surface area (Å²) in [6.07, 6.45) is 1.93. The molecule has 0 saturated carbocycles. The minimum absolute atomic E-state index is 0. The van der Waals surface area contributed by atoms with E-state index in [0.29, 0.717) is 11.4 Å². The van der Waals surface area contributed by atoms with Gasteiger partial charge in [-0.1, -0.05) is 149 Å². The van der Waals surface area contributed by atoms with E-state index >= 15 is 0 Å². The van der Waals surface area contributed by atoms with Gasteiger partial charge in [0.05, 0.1) is 45.1 Å². The normalized spacial score (nSPS) is 12.3. The van der Waals surface area contributed by atoms with E-state index in [4.69, 9.17) is 4.98 Å². The van der Waals surface area contributed by atoms with Gasteiger partial charge in [0.1, 0.15) is 5.82 Å². The van der Waals surface area contributed by atoms with E-state index in [1.165, 1.54) is 22.2 Å². The van der Waals surface area contributed by atoms with E-state index in [1.54, 1.807) is 0 Å². The van der Waals surface area contributed by atoms with Crippen LogP contribution in [-0.2, 0) is 21.1 Å². The zero-order chi connectivity index (χ0) is 53.0. The fourth-order valence-electron chi connectivity index (χ4n) is 13.1. The average Bonchev–Trinajstić information content (AvgIpc) is 4.34. The zero-order valence-electron chi connectivity index (χ0n) is 44.4. The summed E-state index contributed by atoms with van der Waals surface area (Å²) in [5, 5.41) is 18.4. The Morgan fingerprint density at radius 3 is 1.52 bits per heavy atom. The molecule has 5 heterocycles. The van der Waals surface area contributed by atoms with E-state index in [2.05, 4.69) is 282 Å². The molecule has 14 aromatic rings. The second kappa shape index (κ2) is 19.2. The second-order valence-electron chi connectivity index (χ2n) is 21.0.